The molecule has 2 aliphatic heterocycles. The molecule has 0 unspecified atom stereocenters. The summed E-state index contributed by atoms with van der Waals surface area (Å²) in [6, 6.07) is -1.61. The topological polar surface area (TPSA) is 382 Å². The van der Waals surface area contributed by atoms with Crippen LogP contribution in [-0.2, 0) is 52.6 Å². The highest BCUT2D eigenvalue weighted by Crippen LogP contribution is 2.39. The van der Waals surface area contributed by atoms with Crippen LogP contribution in [0.5, 0.6) is 0 Å². The molecule has 2 fully saturated rings. The molecular weight excluding hydrogens is 1040 g/mol. The fourth-order valence-corrected chi connectivity index (χ4v) is 13.2. The zero-order chi connectivity index (χ0) is 55.1. The SMILES string of the molecule is CC(C)(C)OC(=O)C[C@@H](COC(=O)CCC(=O)NCCCCC1(N)CSSC1)NC(=O)CCCCCN=[N+]=[N-].[N-]=[N+]=NCCCCCC(=O)N[C@H](COC(=O)CCC(=O)NCCCCC1(N)CSSC1)CC(=O)O. The van der Waals surface area contributed by atoms with Crippen LogP contribution < -0.4 is 32.7 Å². The summed E-state index contributed by atoms with van der Waals surface area (Å²) in [7, 11) is 7.19. The third-order valence-electron chi connectivity index (χ3n) is 10.8. The highest BCUT2D eigenvalue weighted by atomic mass is 33.1. The summed E-state index contributed by atoms with van der Waals surface area (Å²) in [6.45, 7) is 6.50. The largest absolute Gasteiger partial charge is 0.481 e. The number of carboxylic acids is 1. The van der Waals surface area contributed by atoms with Crippen molar-refractivity contribution >= 4 is 90.7 Å². The van der Waals surface area contributed by atoms with Gasteiger partial charge in [-0.3, -0.25) is 38.4 Å². The Kier molecular flexibility index (Phi) is 36.6. The fraction of sp³-hybridized carbons (Fsp3) is 0.826. The lowest BCUT2D eigenvalue weighted by molar-refractivity contribution is -0.157. The lowest BCUT2D eigenvalue weighted by atomic mass is 9.98. The van der Waals surface area contributed by atoms with Crippen LogP contribution in [0.4, 0.5) is 0 Å². The van der Waals surface area contributed by atoms with Gasteiger partial charge in [-0.1, -0.05) is 66.2 Å². The predicted molar refractivity (Wildman–Crippen MR) is 289 cm³/mol. The average Bonchev–Trinajstić information content (AvgIpc) is 3.97. The molecule has 0 aliphatic carbocycles. The van der Waals surface area contributed by atoms with E-state index in [4.69, 9.17) is 41.8 Å². The summed E-state index contributed by atoms with van der Waals surface area (Å²) in [5.74, 6) is -0.204. The van der Waals surface area contributed by atoms with Crippen molar-refractivity contribution in [3.8, 4) is 0 Å². The smallest absolute Gasteiger partial charge is 0.308 e. The number of carbonyl (C=O) groups is 8. The van der Waals surface area contributed by atoms with Crippen LogP contribution in [0.1, 0.15) is 149 Å². The number of nitrogens with two attached hydrogens (primary N) is 2. The fourth-order valence-electron chi connectivity index (χ4n) is 6.88. The van der Waals surface area contributed by atoms with Gasteiger partial charge in [-0.2, -0.15) is 0 Å². The van der Waals surface area contributed by atoms with E-state index in [1.807, 2.05) is 0 Å². The Balaban J connectivity index is 0.000000744. The second kappa shape index (κ2) is 40.0. The molecule has 0 aromatic heterocycles. The van der Waals surface area contributed by atoms with Gasteiger partial charge in [0.1, 0.15) is 18.8 Å². The Bertz CT molecular complexity index is 1840. The van der Waals surface area contributed by atoms with E-state index in [-0.39, 0.29) is 92.9 Å². The average molecular weight is 1120 g/mol. The summed E-state index contributed by atoms with van der Waals surface area (Å²) in [6.07, 6.45) is 8.81. The number of ether oxygens (including phenoxy) is 3. The molecule has 2 rings (SSSR count). The van der Waals surface area contributed by atoms with Gasteiger partial charge in [0.05, 0.1) is 37.8 Å². The molecule has 0 bridgehead atoms. The second-order valence-electron chi connectivity index (χ2n) is 19.2. The van der Waals surface area contributed by atoms with Gasteiger partial charge in [-0.15, -0.1) is 0 Å². The molecule has 2 heterocycles. The van der Waals surface area contributed by atoms with Crippen molar-refractivity contribution in [2.24, 2.45) is 21.7 Å². The molecule has 24 nitrogen and oxygen atoms in total. The number of amides is 4. The van der Waals surface area contributed by atoms with Gasteiger partial charge in [-0.25, -0.2) is 0 Å². The third-order valence-corrected chi connectivity index (χ3v) is 16.4. The van der Waals surface area contributed by atoms with E-state index in [0.717, 1.165) is 61.5 Å². The Hall–Kier alpha value is -4.30. The number of rotatable bonds is 38. The highest BCUT2D eigenvalue weighted by molar-refractivity contribution is 8.77. The van der Waals surface area contributed by atoms with Crippen molar-refractivity contribution in [3.63, 3.8) is 0 Å². The first-order valence-electron chi connectivity index (χ1n) is 25.1. The molecule has 74 heavy (non-hydrogen) atoms. The van der Waals surface area contributed by atoms with E-state index in [1.165, 1.54) is 0 Å². The maximum absolute atomic E-state index is 12.4. The molecule has 4 amide bonds. The molecular formula is C46H80N12O12S4. The Morgan fingerprint density at radius 1 is 0.568 bits per heavy atom. The van der Waals surface area contributed by atoms with Crippen molar-refractivity contribution in [1.29, 1.82) is 0 Å². The molecule has 2 saturated heterocycles. The van der Waals surface area contributed by atoms with Crippen LogP contribution in [0, 0.1) is 0 Å². The summed E-state index contributed by atoms with van der Waals surface area (Å²) >= 11 is 0. The molecule has 420 valence electrons. The number of azide groups is 2. The van der Waals surface area contributed by atoms with E-state index in [0.29, 0.717) is 64.7 Å². The first-order chi connectivity index (χ1) is 35.2. The van der Waals surface area contributed by atoms with Crippen LogP contribution >= 0.6 is 43.2 Å². The number of hydrogen-bond donors (Lipinski definition) is 7. The number of unbranched alkanes of at least 4 members (excludes halogenated alkanes) is 6. The van der Waals surface area contributed by atoms with Crippen LogP contribution in [0.15, 0.2) is 10.2 Å². The maximum atomic E-state index is 12.4. The second-order valence-corrected chi connectivity index (χ2v) is 24.1. The van der Waals surface area contributed by atoms with Gasteiger partial charge >= 0.3 is 23.9 Å². The number of carbonyl (C=O) groups excluding carboxylic acids is 7. The standard InChI is InChI=1S/C25H44N6O6S2.C21H36N6O6S2/c1-24(2,3)37-23(35)15-19(30-21(33)9-5-4-7-14-29-31-27)16-36-22(34)11-10-20(32)28-13-8-6-12-25(26)17-38-39-18-25;22-21(14-34-35-15-21)9-3-5-10-24-17(28)7-8-20(32)33-13-16(12-19(30)31)26-18(29)6-2-1-4-11-25-27-23/h19H,4-18,26H2,1-3H3,(H,28,32)(H,30,33);16H,1-15,22H2,(H,24,28)(H,26,29)(H,30,31)/t19-;16-/m00/s1. The van der Waals surface area contributed by atoms with Gasteiger partial charge in [0.25, 0.3) is 0 Å². The highest BCUT2D eigenvalue weighted by Gasteiger charge is 2.31. The monoisotopic (exact) mass is 1120 g/mol. The number of hydrogen-bond acceptors (Lipinski definition) is 19. The molecule has 0 radical (unpaired) electrons. The van der Waals surface area contributed by atoms with E-state index in [9.17, 15) is 38.4 Å². The van der Waals surface area contributed by atoms with Crippen molar-refractivity contribution in [3.05, 3.63) is 20.9 Å². The minimum Gasteiger partial charge on any atom is -0.481 e. The summed E-state index contributed by atoms with van der Waals surface area (Å²) in [4.78, 5) is 101. The lowest BCUT2D eigenvalue weighted by Crippen LogP contribution is -2.42. The van der Waals surface area contributed by atoms with Crippen molar-refractivity contribution in [2.75, 3.05) is 62.4 Å². The van der Waals surface area contributed by atoms with Crippen molar-refractivity contribution in [2.45, 2.75) is 178 Å². The molecule has 28 heteroatoms. The third kappa shape index (κ3) is 38.3. The first-order valence-corrected chi connectivity index (χ1v) is 30.1. The molecule has 0 saturated carbocycles. The number of carboxylic acid groups (broad SMARTS) is 1. The van der Waals surface area contributed by atoms with Crippen LogP contribution in [-0.4, -0.2) is 144 Å². The summed E-state index contributed by atoms with van der Waals surface area (Å²) in [5.41, 5.74) is 28.2. The number of nitrogens with zero attached hydrogens (tertiary/aromatic N) is 6. The maximum Gasteiger partial charge on any atom is 0.308 e. The zero-order valence-electron chi connectivity index (χ0n) is 43.3. The summed E-state index contributed by atoms with van der Waals surface area (Å²) < 4.78 is 15.7. The molecule has 0 spiro atoms. The predicted octanol–water partition coefficient (Wildman–Crippen LogP) is 6.30. The number of aliphatic carboxylic acids is 1. The Labute approximate surface area is 450 Å². The number of nitrogens with one attached hydrogen (secondary N) is 4. The minimum atomic E-state index is -1.13. The van der Waals surface area contributed by atoms with E-state index < -0.39 is 48.0 Å². The molecule has 0 aromatic carbocycles. The van der Waals surface area contributed by atoms with Gasteiger partial charge in [0.15, 0.2) is 0 Å². The van der Waals surface area contributed by atoms with Gasteiger partial charge < -0.3 is 52.1 Å². The van der Waals surface area contributed by atoms with Crippen LogP contribution in [0.3, 0.4) is 0 Å². The molecule has 9 N–H and O–H groups in total. The Morgan fingerprint density at radius 3 is 1.35 bits per heavy atom. The summed E-state index contributed by atoms with van der Waals surface area (Å²) in [5, 5.41) is 26.8. The lowest BCUT2D eigenvalue weighted by Gasteiger charge is -2.23. The molecule has 0 aromatic rings. The van der Waals surface area contributed by atoms with Gasteiger partial charge in [-0.05, 0) is 96.0 Å². The normalized spacial score (nSPS) is 15.0. The molecule has 2 aliphatic rings. The first kappa shape index (κ1) is 67.7. The van der Waals surface area contributed by atoms with Crippen molar-refractivity contribution in [1.82, 2.24) is 21.3 Å². The molecule has 2 atom stereocenters. The van der Waals surface area contributed by atoms with Gasteiger partial charge in [0.2, 0.25) is 23.6 Å². The van der Waals surface area contributed by atoms with Gasteiger partial charge in [0, 0.05) is 95.8 Å². The van der Waals surface area contributed by atoms with E-state index in [2.05, 4.69) is 41.3 Å². The van der Waals surface area contributed by atoms with Crippen LogP contribution in [0.2, 0.25) is 0 Å². The number of esters is 3. The zero-order valence-corrected chi connectivity index (χ0v) is 46.5. The van der Waals surface area contributed by atoms with E-state index >= 15 is 0 Å². The minimum absolute atomic E-state index is 0.00806. The van der Waals surface area contributed by atoms with E-state index in [1.54, 1.807) is 63.9 Å². The van der Waals surface area contributed by atoms with Crippen molar-refractivity contribution < 1.29 is 57.7 Å². The van der Waals surface area contributed by atoms with Crippen LogP contribution in [0.25, 0.3) is 20.9 Å². The Morgan fingerprint density at radius 2 is 0.973 bits per heavy atom. The quantitative estimate of drug-likeness (QED) is 0.00678.